The fourth-order valence-electron chi connectivity index (χ4n) is 7.05. The van der Waals surface area contributed by atoms with E-state index in [0.29, 0.717) is 29.7 Å². The summed E-state index contributed by atoms with van der Waals surface area (Å²) in [4.78, 5) is 27.1. The summed E-state index contributed by atoms with van der Waals surface area (Å²) in [5.41, 5.74) is 5.66. The molecule has 0 unspecified atom stereocenters. The highest BCUT2D eigenvalue weighted by Crippen LogP contribution is 2.28. The SMILES string of the molecule is CC[C@H](CS(=O)(=O)c1cccc2c(C)cccc12)C(=O)NC/C(C)=C/C=C(\C)[C@H]1OC(=O)/C(C)=C/C/C=C/C(C)=C/[C@@H](C)C/C=C/C(C)=C\CC[C@H](OC)/C=C/C=C/[C@@H]1C. The van der Waals surface area contributed by atoms with Gasteiger partial charge >= 0.3 is 5.97 Å². The van der Waals surface area contributed by atoms with E-state index in [1.54, 1.807) is 26.2 Å². The number of cyclic esters (lactones) is 1. The molecule has 1 N–H and O–H groups in total. The van der Waals surface area contributed by atoms with Crippen molar-refractivity contribution in [3.8, 4) is 0 Å². The lowest BCUT2D eigenvalue weighted by Crippen LogP contribution is -2.35. The van der Waals surface area contributed by atoms with Gasteiger partial charge in [0.2, 0.25) is 5.91 Å². The number of rotatable bonds is 10. The van der Waals surface area contributed by atoms with Gasteiger partial charge in [-0.05, 0) is 102 Å². The summed E-state index contributed by atoms with van der Waals surface area (Å²) < 4.78 is 39.2. The Balaban J connectivity index is 1.79. The Hall–Kier alpha value is -4.79. The quantitative estimate of drug-likeness (QED) is 0.189. The van der Waals surface area contributed by atoms with E-state index in [0.717, 1.165) is 41.4 Å². The second-order valence-corrected chi connectivity index (χ2v) is 18.3. The molecule has 1 amide bonds. The van der Waals surface area contributed by atoms with E-state index in [1.807, 2.05) is 101 Å². The first-order chi connectivity index (χ1) is 28.6. The van der Waals surface area contributed by atoms with Crippen molar-refractivity contribution < 1.29 is 27.5 Å². The number of methoxy groups -OCH3 is 1. The van der Waals surface area contributed by atoms with Crippen LogP contribution in [0.4, 0.5) is 0 Å². The molecule has 5 atom stereocenters. The monoisotopic (exact) mass is 835 g/mol. The standard InChI is InChI=1S/C52H69NO6S/c1-11-45(36-60(56,57)49-31-19-29-47-41(6)26-18-30-48(47)49)51(54)53-35-40(5)32-33-43(8)50-42(7)24-14-15-27-46(58-10)28-17-22-37(2)21-16-23-39(4)34-38(3)20-12-13-25-44(9)52(55)59-50/h12,14-16,18-22,24-27,29-34,39,42,45-46,50H,11,13,17,23,28,35-36H2,1-10H3,(H,53,54)/b20-12+,21-16+,24-14+,27-15+,37-22-,38-34+,40-32+,43-33+,44-25+/t39-,42-,45+,46+,50-/m0/s1. The number of carbonyl (C=O) groups is 2. The van der Waals surface area contributed by atoms with Crippen LogP contribution in [0.3, 0.4) is 0 Å². The molecule has 0 aromatic heterocycles. The molecule has 0 fully saturated rings. The fourth-order valence-corrected chi connectivity index (χ4v) is 8.95. The maximum atomic E-state index is 13.6. The lowest BCUT2D eigenvalue weighted by Gasteiger charge is -2.23. The zero-order valence-corrected chi connectivity index (χ0v) is 38.5. The van der Waals surface area contributed by atoms with Gasteiger partial charge in [-0.2, -0.15) is 0 Å². The number of nitrogens with one attached hydrogen (secondary N) is 1. The lowest BCUT2D eigenvalue weighted by molar-refractivity contribution is -0.143. The average molecular weight is 836 g/mol. The lowest BCUT2D eigenvalue weighted by atomic mass is 9.96. The number of hydrogen-bond donors (Lipinski definition) is 1. The molecule has 7 nitrogen and oxygen atoms in total. The van der Waals surface area contributed by atoms with E-state index in [1.165, 1.54) is 11.1 Å². The van der Waals surface area contributed by atoms with Crippen LogP contribution < -0.4 is 5.32 Å². The molecule has 1 aliphatic rings. The minimum atomic E-state index is -3.74. The third-order valence-electron chi connectivity index (χ3n) is 10.8. The number of sulfone groups is 1. The van der Waals surface area contributed by atoms with Gasteiger partial charge in [0.15, 0.2) is 9.84 Å². The molecule has 8 heteroatoms. The number of hydrogen-bond acceptors (Lipinski definition) is 6. The van der Waals surface area contributed by atoms with E-state index < -0.39 is 21.9 Å². The largest absolute Gasteiger partial charge is 0.454 e. The Bertz CT molecular complexity index is 2160. The van der Waals surface area contributed by atoms with Crippen molar-refractivity contribution in [3.05, 3.63) is 149 Å². The van der Waals surface area contributed by atoms with Gasteiger partial charge in [-0.25, -0.2) is 13.2 Å². The minimum Gasteiger partial charge on any atom is -0.454 e. The van der Waals surface area contributed by atoms with Crippen LogP contribution in [0.5, 0.6) is 0 Å². The first kappa shape index (κ1) is 49.6. The van der Waals surface area contributed by atoms with Gasteiger partial charge in [0.05, 0.1) is 22.7 Å². The van der Waals surface area contributed by atoms with Crippen LogP contribution in [0.15, 0.2) is 148 Å². The second-order valence-electron chi connectivity index (χ2n) is 16.3. The zero-order chi connectivity index (χ0) is 44.2. The van der Waals surface area contributed by atoms with Crippen LogP contribution >= 0.6 is 0 Å². The Morgan fingerprint density at radius 3 is 2.37 bits per heavy atom. The number of carbonyl (C=O) groups excluding carboxylic acids is 2. The molecule has 2 aromatic carbocycles. The Kier molecular flexibility index (Phi) is 20.7. The number of esters is 1. The van der Waals surface area contributed by atoms with Crippen LogP contribution in [0, 0.1) is 24.7 Å². The maximum Gasteiger partial charge on any atom is 0.334 e. The van der Waals surface area contributed by atoms with E-state index >= 15 is 0 Å². The zero-order valence-electron chi connectivity index (χ0n) is 37.7. The second kappa shape index (κ2) is 25.1. The Morgan fingerprint density at radius 2 is 1.63 bits per heavy atom. The molecule has 324 valence electrons. The topological polar surface area (TPSA) is 98.8 Å². The first-order valence-electron chi connectivity index (χ1n) is 21.3. The summed E-state index contributed by atoms with van der Waals surface area (Å²) >= 11 is 0. The van der Waals surface area contributed by atoms with Gasteiger partial charge in [-0.15, -0.1) is 0 Å². The smallest absolute Gasteiger partial charge is 0.334 e. The van der Waals surface area contributed by atoms with Crippen molar-refractivity contribution in [1.82, 2.24) is 5.32 Å². The molecular formula is C52H69NO6S. The van der Waals surface area contributed by atoms with Crippen LogP contribution in [0.2, 0.25) is 0 Å². The number of benzene rings is 2. The van der Waals surface area contributed by atoms with Crippen molar-refractivity contribution in [2.45, 2.75) is 112 Å². The van der Waals surface area contributed by atoms with E-state index in [-0.39, 0.29) is 41.1 Å². The molecule has 3 rings (SSSR count). The third-order valence-corrected chi connectivity index (χ3v) is 12.7. The number of aryl methyl sites for hydroxylation is 1. The Labute approximate surface area is 361 Å². The molecule has 2 aromatic rings. The molecule has 1 aliphatic heterocycles. The first-order valence-corrected chi connectivity index (χ1v) is 23.0. The highest BCUT2D eigenvalue weighted by molar-refractivity contribution is 7.91. The molecular weight excluding hydrogens is 767 g/mol. The summed E-state index contributed by atoms with van der Waals surface area (Å²) in [5, 5.41) is 4.51. The normalized spacial score (nSPS) is 26.4. The predicted molar refractivity (Wildman–Crippen MR) is 250 cm³/mol. The van der Waals surface area contributed by atoms with Gasteiger partial charge in [0.1, 0.15) is 6.10 Å². The van der Waals surface area contributed by atoms with Crippen molar-refractivity contribution >= 4 is 32.5 Å². The average Bonchev–Trinajstić information content (AvgIpc) is 3.21. The van der Waals surface area contributed by atoms with Crippen LogP contribution in [0.25, 0.3) is 10.8 Å². The Morgan fingerprint density at radius 1 is 0.933 bits per heavy atom. The van der Waals surface area contributed by atoms with Crippen molar-refractivity contribution in [2.75, 3.05) is 19.4 Å². The molecule has 0 aliphatic carbocycles. The van der Waals surface area contributed by atoms with Gasteiger partial charge < -0.3 is 14.8 Å². The summed E-state index contributed by atoms with van der Waals surface area (Å²) in [5.74, 6) is -1.44. The number of fused-ring (bicyclic) bond motifs is 1. The molecule has 0 spiro atoms. The highest BCUT2D eigenvalue weighted by atomic mass is 32.2. The molecule has 0 saturated carbocycles. The molecule has 0 saturated heterocycles. The van der Waals surface area contributed by atoms with Crippen molar-refractivity contribution in [3.63, 3.8) is 0 Å². The summed E-state index contributed by atoms with van der Waals surface area (Å²) in [7, 11) is -2.02. The molecule has 0 bridgehead atoms. The van der Waals surface area contributed by atoms with Gasteiger partial charge in [-0.1, -0.05) is 147 Å². The third kappa shape index (κ3) is 16.3. The fraction of sp³-hybridized carbons (Fsp3) is 0.423. The maximum absolute atomic E-state index is 13.6. The van der Waals surface area contributed by atoms with Crippen molar-refractivity contribution in [2.24, 2.45) is 17.8 Å². The number of allylic oxidation sites excluding steroid dienone is 13. The number of amides is 1. The van der Waals surface area contributed by atoms with Crippen molar-refractivity contribution in [1.29, 1.82) is 0 Å². The summed E-state index contributed by atoms with van der Waals surface area (Å²) in [6, 6.07) is 10.9. The van der Waals surface area contributed by atoms with Gasteiger partial charge in [0.25, 0.3) is 0 Å². The number of ether oxygens (including phenoxy) is 2. The van der Waals surface area contributed by atoms with E-state index in [9.17, 15) is 18.0 Å². The molecule has 0 radical (unpaired) electrons. The van der Waals surface area contributed by atoms with E-state index in [2.05, 4.69) is 62.5 Å². The van der Waals surface area contributed by atoms with Crippen LogP contribution in [0.1, 0.15) is 93.1 Å². The van der Waals surface area contributed by atoms with Gasteiger partial charge in [0, 0.05) is 30.5 Å². The summed E-state index contributed by atoms with van der Waals surface area (Å²) in [6.45, 7) is 18.1. The van der Waals surface area contributed by atoms with E-state index in [4.69, 9.17) is 9.47 Å². The predicted octanol–water partition coefficient (Wildman–Crippen LogP) is 11.8. The van der Waals surface area contributed by atoms with Crippen LogP contribution in [-0.4, -0.2) is 51.9 Å². The molecule has 1 heterocycles. The van der Waals surface area contributed by atoms with Crippen LogP contribution in [-0.2, 0) is 28.9 Å². The molecule has 60 heavy (non-hydrogen) atoms. The minimum absolute atomic E-state index is 0.0353. The van der Waals surface area contributed by atoms with Gasteiger partial charge in [-0.3, -0.25) is 4.79 Å². The highest BCUT2D eigenvalue weighted by Gasteiger charge is 2.27. The summed E-state index contributed by atoms with van der Waals surface area (Å²) in [6.07, 6.45) is 29.9.